The first kappa shape index (κ1) is 11.1. The molecule has 1 saturated carbocycles. The quantitative estimate of drug-likeness (QED) is 0.725. The average Bonchev–Trinajstić information content (AvgIpc) is 3.00. The van der Waals surface area contributed by atoms with Gasteiger partial charge in [0.15, 0.2) is 5.78 Å². The lowest BCUT2D eigenvalue weighted by Gasteiger charge is -2.13. The van der Waals surface area contributed by atoms with Crippen molar-refractivity contribution in [3.8, 4) is 0 Å². The van der Waals surface area contributed by atoms with Crippen LogP contribution in [0.25, 0.3) is 0 Å². The molecule has 1 aliphatic rings. The van der Waals surface area contributed by atoms with Gasteiger partial charge in [-0.1, -0.05) is 29.8 Å². The second-order valence-electron chi connectivity index (χ2n) is 4.63. The summed E-state index contributed by atoms with van der Waals surface area (Å²) < 4.78 is 0. The zero-order valence-corrected chi connectivity index (χ0v) is 9.69. The van der Waals surface area contributed by atoms with Crippen molar-refractivity contribution in [2.45, 2.75) is 32.6 Å². The second-order valence-corrected chi connectivity index (χ2v) is 4.63. The molecule has 2 rings (SSSR count). The van der Waals surface area contributed by atoms with E-state index in [0.717, 1.165) is 24.0 Å². The molecule has 1 aromatic carbocycles. The van der Waals surface area contributed by atoms with Gasteiger partial charge >= 0.3 is 0 Å². The molecule has 0 spiro atoms. The van der Waals surface area contributed by atoms with Gasteiger partial charge in [0.25, 0.3) is 0 Å². The second kappa shape index (κ2) is 4.20. The van der Waals surface area contributed by atoms with Gasteiger partial charge in [-0.25, -0.2) is 0 Å². The van der Waals surface area contributed by atoms with Crippen molar-refractivity contribution in [3.05, 3.63) is 35.4 Å². The van der Waals surface area contributed by atoms with Gasteiger partial charge in [0.1, 0.15) is 11.7 Å². The van der Waals surface area contributed by atoms with E-state index in [4.69, 9.17) is 0 Å². The Morgan fingerprint density at radius 2 is 2.00 bits per heavy atom. The number of carbonyl (C=O) groups excluding carboxylic acids is 2. The minimum atomic E-state index is -0.535. The topological polar surface area (TPSA) is 34.1 Å². The fourth-order valence-corrected chi connectivity index (χ4v) is 2.05. The standard InChI is InChI=1S/C14H16O2/c1-9-4-3-5-12(8-9)13(10(2)15)14(16)11-6-7-11/h3-5,8,11,13H,6-7H2,1-2H3. The van der Waals surface area contributed by atoms with E-state index in [1.165, 1.54) is 6.92 Å². The number of hydrogen-bond acceptors (Lipinski definition) is 2. The lowest BCUT2D eigenvalue weighted by Crippen LogP contribution is -2.21. The molecular weight excluding hydrogens is 200 g/mol. The third-order valence-electron chi connectivity index (χ3n) is 3.05. The van der Waals surface area contributed by atoms with Gasteiger partial charge in [-0.2, -0.15) is 0 Å². The molecule has 0 bridgehead atoms. The predicted molar refractivity (Wildman–Crippen MR) is 62.3 cm³/mol. The molecule has 1 aliphatic carbocycles. The van der Waals surface area contributed by atoms with E-state index in [2.05, 4.69) is 0 Å². The summed E-state index contributed by atoms with van der Waals surface area (Å²) >= 11 is 0. The fourth-order valence-electron chi connectivity index (χ4n) is 2.05. The van der Waals surface area contributed by atoms with Crippen molar-refractivity contribution in [1.82, 2.24) is 0 Å². The molecule has 0 N–H and O–H groups in total. The van der Waals surface area contributed by atoms with Crippen molar-refractivity contribution in [2.75, 3.05) is 0 Å². The predicted octanol–water partition coefficient (Wildman–Crippen LogP) is 2.65. The van der Waals surface area contributed by atoms with Crippen LogP contribution in [0.15, 0.2) is 24.3 Å². The van der Waals surface area contributed by atoms with E-state index < -0.39 is 5.92 Å². The molecule has 2 heteroatoms. The first-order chi connectivity index (χ1) is 7.59. The number of carbonyl (C=O) groups is 2. The minimum Gasteiger partial charge on any atom is -0.299 e. The van der Waals surface area contributed by atoms with Gasteiger partial charge in [0.2, 0.25) is 0 Å². The molecular formula is C14H16O2. The normalized spacial score (nSPS) is 16.9. The number of Topliss-reactive ketones (excluding diaryl/α,β-unsaturated/α-hetero) is 2. The Labute approximate surface area is 95.7 Å². The molecule has 1 aromatic rings. The fraction of sp³-hybridized carbons (Fsp3) is 0.429. The number of rotatable bonds is 4. The van der Waals surface area contributed by atoms with E-state index >= 15 is 0 Å². The van der Waals surface area contributed by atoms with Crippen LogP contribution in [0.2, 0.25) is 0 Å². The summed E-state index contributed by atoms with van der Waals surface area (Å²) in [5.41, 5.74) is 1.94. The molecule has 0 heterocycles. The summed E-state index contributed by atoms with van der Waals surface area (Å²) in [6, 6.07) is 7.69. The van der Waals surface area contributed by atoms with Gasteiger partial charge < -0.3 is 0 Å². The van der Waals surface area contributed by atoms with E-state index in [1.54, 1.807) is 0 Å². The van der Waals surface area contributed by atoms with Crippen LogP contribution in [0.1, 0.15) is 36.8 Å². The van der Waals surface area contributed by atoms with E-state index in [9.17, 15) is 9.59 Å². The first-order valence-electron chi connectivity index (χ1n) is 5.70. The van der Waals surface area contributed by atoms with Crippen molar-refractivity contribution in [2.24, 2.45) is 5.92 Å². The van der Waals surface area contributed by atoms with E-state index in [-0.39, 0.29) is 17.5 Å². The van der Waals surface area contributed by atoms with Crippen molar-refractivity contribution in [3.63, 3.8) is 0 Å². The van der Waals surface area contributed by atoms with Crippen LogP contribution in [-0.4, -0.2) is 11.6 Å². The third-order valence-corrected chi connectivity index (χ3v) is 3.05. The molecule has 0 aliphatic heterocycles. The first-order valence-corrected chi connectivity index (χ1v) is 5.70. The monoisotopic (exact) mass is 216 g/mol. The Hall–Kier alpha value is -1.44. The lowest BCUT2D eigenvalue weighted by atomic mass is 9.88. The Morgan fingerprint density at radius 3 is 2.50 bits per heavy atom. The Bertz CT molecular complexity index is 430. The molecule has 0 aromatic heterocycles. The molecule has 0 radical (unpaired) electrons. The van der Waals surface area contributed by atoms with E-state index in [0.29, 0.717) is 0 Å². The smallest absolute Gasteiger partial charge is 0.150 e. The number of benzene rings is 1. The van der Waals surface area contributed by atoms with Gasteiger partial charge in [-0.3, -0.25) is 9.59 Å². The van der Waals surface area contributed by atoms with Gasteiger partial charge in [0, 0.05) is 5.92 Å². The summed E-state index contributed by atoms with van der Waals surface area (Å²) in [7, 11) is 0. The summed E-state index contributed by atoms with van der Waals surface area (Å²) in [6.07, 6.45) is 1.91. The van der Waals surface area contributed by atoms with Crippen LogP contribution >= 0.6 is 0 Å². The maximum atomic E-state index is 12.0. The molecule has 2 nitrogen and oxygen atoms in total. The molecule has 1 unspecified atom stereocenters. The minimum absolute atomic E-state index is 0.0394. The largest absolute Gasteiger partial charge is 0.299 e. The van der Waals surface area contributed by atoms with Gasteiger partial charge in [0.05, 0.1) is 0 Å². The summed E-state index contributed by atoms with van der Waals surface area (Å²) in [4.78, 5) is 23.6. The average molecular weight is 216 g/mol. The SMILES string of the molecule is CC(=O)C(C(=O)C1CC1)c1cccc(C)c1. The highest BCUT2D eigenvalue weighted by molar-refractivity contribution is 6.08. The maximum absolute atomic E-state index is 12.0. The molecule has 16 heavy (non-hydrogen) atoms. The number of hydrogen-bond donors (Lipinski definition) is 0. The van der Waals surface area contributed by atoms with Crippen LogP contribution in [0.3, 0.4) is 0 Å². The van der Waals surface area contributed by atoms with Crippen molar-refractivity contribution < 1.29 is 9.59 Å². The van der Waals surface area contributed by atoms with Gasteiger partial charge in [-0.15, -0.1) is 0 Å². The highest BCUT2D eigenvalue weighted by Gasteiger charge is 2.37. The van der Waals surface area contributed by atoms with E-state index in [1.807, 2.05) is 31.2 Å². The molecule has 1 atom stereocenters. The Morgan fingerprint density at radius 1 is 1.31 bits per heavy atom. The highest BCUT2D eigenvalue weighted by atomic mass is 16.2. The van der Waals surface area contributed by atoms with Crippen LogP contribution < -0.4 is 0 Å². The lowest BCUT2D eigenvalue weighted by molar-refractivity contribution is -0.128. The maximum Gasteiger partial charge on any atom is 0.150 e. The third kappa shape index (κ3) is 2.21. The Balaban J connectivity index is 2.31. The molecule has 1 fully saturated rings. The van der Waals surface area contributed by atoms with Crippen LogP contribution in [0, 0.1) is 12.8 Å². The molecule has 0 amide bonds. The van der Waals surface area contributed by atoms with Crippen LogP contribution in [0.4, 0.5) is 0 Å². The van der Waals surface area contributed by atoms with Crippen molar-refractivity contribution >= 4 is 11.6 Å². The number of ketones is 2. The summed E-state index contributed by atoms with van der Waals surface area (Å²) in [5, 5.41) is 0. The van der Waals surface area contributed by atoms with Crippen LogP contribution in [-0.2, 0) is 9.59 Å². The number of aryl methyl sites for hydroxylation is 1. The highest BCUT2D eigenvalue weighted by Crippen LogP contribution is 2.36. The van der Waals surface area contributed by atoms with Crippen LogP contribution in [0.5, 0.6) is 0 Å². The van der Waals surface area contributed by atoms with Crippen molar-refractivity contribution in [1.29, 1.82) is 0 Å². The summed E-state index contributed by atoms with van der Waals surface area (Å²) in [5.74, 6) is -0.331. The zero-order chi connectivity index (χ0) is 11.7. The molecule has 0 saturated heterocycles. The molecule has 84 valence electrons. The Kier molecular flexibility index (Phi) is 2.90. The van der Waals surface area contributed by atoms with Gasteiger partial charge in [-0.05, 0) is 32.3 Å². The zero-order valence-electron chi connectivity index (χ0n) is 9.69. The summed E-state index contributed by atoms with van der Waals surface area (Å²) in [6.45, 7) is 3.48.